The summed E-state index contributed by atoms with van der Waals surface area (Å²) in [5.41, 5.74) is 0.845. The van der Waals surface area contributed by atoms with Crippen LogP contribution in [0, 0.1) is 0 Å². The highest BCUT2D eigenvalue weighted by Crippen LogP contribution is 2.32. The minimum atomic E-state index is 0.0478. The van der Waals surface area contributed by atoms with E-state index in [0.717, 1.165) is 22.3 Å². The molecule has 0 bridgehead atoms. The van der Waals surface area contributed by atoms with Gasteiger partial charge in [0.1, 0.15) is 0 Å². The summed E-state index contributed by atoms with van der Waals surface area (Å²) in [5, 5.41) is 3.95. The Morgan fingerprint density at radius 1 is 1.43 bits per heavy atom. The maximum atomic E-state index is 12.4. The van der Waals surface area contributed by atoms with Crippen molar-refractivity contribution in [3.8, 4) is 0 Å². The number of amides is 1. The molecule has 1 aliphatic rings. The number of rotatable bonds is 5. The molecule has 1 atom stereocenters. The smallest absolute Gasteiger partial charge is 0.238 e. The number of imidazole rings is 1. The molecule has 1 unspecified atom stereocenters. The highest BCUT2D eigenvalue weighted by atomic mass is 32.2. The molecule has 2 heterocycles. The first-order valence-corrected chi connectivity index (χ1v) is 8.73. The van der Waals surface area contributed by atoms with E-state index in [9.17, 15) is 4.79 Å². The van der Waals surface area contributed by atoms with E-state index in [1.807, 2.05) is 42.1 Å². The van der Waals surface area contributed by atoms with Gasteiger partial charge in [0.25, 0.3) is 0 Å². The highest BCUT2D eigenvalue weighted by molar-refractivity contribution is 7.99. The largest absolute Gasteiger partial charge is 0.329 e. The van der Waals surface area contributed by atoms with Crippen molar-refractivity contribution in [3.63, 3.8) is 0 Å². The molecular formula is C17H22N4OS. The molecule has 23 heavy (non-hydrogen) atoms. The fraction of sp³-hybridized carbons (Fsp3) is 0.412. The zero-order valence-corrected chi connectivity index (χ0v) is 14.3. The van der Waals surface area contributed by atoms with E-state index in [-0.39, 0.29) is 5.91 Å². The molecule has 0 spiro atoms. The average Bonchev–Trinajstić information content (AvgIpc) is 3.11. The lowest BCUT2D eigenvalue weighted by molar-refractivity contribution is -0.117. The maximum Gasteiger partial charge on any atom is 0.238 e. The van der Waals surface area contributed by atoms with Gasteiger partial charge in [-0.15, -0.1) is 0 Å². The van der Waals surface area contributed by atoms with Gasteiger partial charge in [-0.05, 0) is 50.2 Å². The molecule has 122 valence electrons. The normalized spacial score (nSPS) is 18.3. The zero-order chi connectivity index (χ0) is 16.2. The molecule has 1 aliphatic heterocycles. The molecule has 6 heteroatoms. The SMILES string of the molecule is CC1CCCN1CC(=O)Nc1ccccc1Sc1nccn1C. The highest BCUT2D eigenvalue weighted by Gasteiger charge is 2.22. The first-order chi connectivity index (χ1) is 11.1. The predicted octanol–water partition coefficient (Wildman–Crippen LogP) is 2.99. The van der Waals surface area contributed by atoms with Gasteiger partial charge in [-0.2, -0.15) is 0 Å². The molecule has 3 rings (SSSR count). The second-order valence-electron chi connectivity index (χ2n) is 5.93. The number of carbonyl (C=O) groups is 1. The summed E-state index contributed by atoms with van der Waals surface area (Å²) in [5.74, 6) is 0.0478. The van der Waals surface area contributed by atoms with Crippen LogP contribution in [0.3, 0.4) is 0 Å². The van der Waals surface area contributed by atoms with Gasteiger partial charge in [0.05, 0.1) is 12.2 Å². The number of aromatic nitrogens is 2. The number of aryl methyl sites for hydroxylation is 1. The molecule has 0 saturated carbocycles. The minimum Gasteiger partial charge on any atom is -0.329 e. The fourth-order valence-corrected chi connectivity index (χ4v) is 3.70. The van der Waals surface area contributed by atoms with Gasteiger partial charge >= 0.3 is 0 Å². The van der Waals surface area contributed by atoms with Gasteiger partial charge in [-0.25, -0.2) is 4.98 Å². The van der Waals surface area contributed by atoms with Crippen LogP contribution < -0.4 is 5.32 Å². The van der Waals surface area contributed by atoms with E-state index in [2.05, 4.69) is 22.1 Å². The predicted molar refractivity (Wildman–Crippen MR) is 92.7 cm³/mol. The van der Waals surface area contributed by atoms with Crippen molar-refractivity contribution >= 4 is 23.4 Å². The molecule has 2 aromatic rings. The van der Waals surface area contributed by atoms with Gasteiger partial charge in [-0.1, -0.05) is 12.1 Å². The van der Waals surface area contributed by atoms with E-state index < -0.39 is 0 Å². The number of nitrogens with zero attached hydrogens (tertiary/aromatic N) is 3. The Bertz CT molecular complexity index is 685. The Morgan fingerprint density at radius 2 is 2.26 bits per heavy atom. The van der Waals surface area contributed by atoms with Gasteiger partial charge < -0.3 is 9.88 Å². The fourth-order valence-electron chi connectivity index (χ4n) is 2.81. The summed E-state index contributed by atoms with van der Waals surface area (Å²) >= 11 is 1.56. The number of benzene rings is 1. The summed E-state index contributed by atoms with van der Waals surface area (Å²) in [4.78, 5) is 19.9. The number of hydrogen-bond acceptors (Lipinski definition) is 4. The van der Waals surface area contributed by atoms with E-state index >= 15 is 0 Å². The summed E-state index contributed by atoms with van der Waals surface area (Å²) in [6, 6.07) is 8.36. The monoisotopic (exact) mass is 330 g/mol. The van der Waals surface area contributed by atoms with Crippen LogP contribution in [0.5, 0.6) is 0 Å². The van der Waals surface area contributed by atoms with Crippen LogP contribution in [0.15, 0.2) is 46.7 Å². The molecule has 1 fully saturated rings. The maximum absolute atomic E-state index is 12.4. The van der Waals surface area contributed by atoms with E-state index in [4.69, 9.17) is 0 Å². The van der Waals surface area contributed by atoms with E-state index in [1.165, 1.54) is 12.8 Å². The number of hydrogen-bond donors (Lipinski definition) is 1. The third kappa shape index (κ3) is 3.95. The van der Waals surface area contributed by atoms with Crippen LogP contribution in [-0.2, 0) is 11.8 Å². The number of anilines is 1. The molecular weight excluding hydrogens is 308 g/mol. The standard InChI is InChI=1S/C17H22N4OS/c1-13-6-5-10-21(13)12-16(22)19-14-7-3-4-8-15(14)23-17-18-9-11-20(17)2/h3-4,7-9,11,13H,5-6,10,12H2,1-2H3,(H,19,22). The molecule has 1 N–H and O–H groups in total. The second-order valence-corrected chi connectivity index (χ2v) is 6.94. The van der Waals surface area contributed by atoms with Crippen molar-refractivity contribution in [2.45, 2.75) is 35.9 Å². The molecule has 0 aliphatic carbocycles. The Labute approximate surface area is 141 Å². The van der Waals surface area contributed by atoms with Gasteiger partial charge in [0.2, 0.25) is 5.91 Å². The Kier molecular flexibility index (Phi) is 5.03. The molecule has 1 amide bonds. The van der Waals surface area contributed by atoms with Crippen molar-refractivity contribution in [2.24, 2.45) is 7.05 Å². The summed E-state index contributed by atoms with van der Waals surface area (Å²) in [6.45, 7) is 3.66. The Morgan fingerprint density at radius 3 is 2.96 bits per heavy atom. The number of likely N-dealkylation sites (tertiary alicyclic amines) is 1. The van der Waals surface area contributed by atoms with Crippen LogP contribution in [-0.4, -0.2) is 39.5 Å². The van der Waals surface area contributed by atoms with Crippen molar-refractivity contribution in [1.82, 2.24) is 14.5 Å². The molecule has 1 saturated heterocycles. The third-order valence-corrected chi connectivity index (χ3v) is 5.33. The Hall–Kier alpha value is -1.79. The van der Waals surface area contributed by atoms with E-state index in [0.29, 0.717) is 12.6 Å². The topological polar surface area (TPSA) is 50.2 Å². The lowest BCUT2D eigenvalue weighted by atomic mass is 10.2. The molecule has 1 aromatic carbocycles. The van der Waals surface area contributed by atoms with Crippen LogP contribution >= 0.6 is 11.8 Å². The van der Waals surface area contributed by atoms with E-state index in [1.54, 1.807) is 18.0 Å². The minimum absolute atomic E-state index is 0.0478. The van der Waals surface area contributed by atoms with Crippen LogP contribution in [0.2, 0.25) is 0 Å². The van der Waals surface area contributed by atoms with Gasteiger partial charge in [0, 0.05) is 30.4 Å². The second kappa shape index (κ2) is 7.19. The molecule has 5 nitrogen and oxygen atoms in total. The van der Waals surface area contributed by atoms with Gasteiger partial charge in [0.15, 0.2) is 5.16 Å². The number of carbonyl (C=O) groups excluding carboxylic acids is 1. The van der Waals surface area contributed by atoms with Crippen LogP contribution in [0.25, 0.3) is 0 Å². The molecule has 1 aromatic heterocycles. The summed E-state index contributed by atoms with van der Waals surface area (Å²) < 4.78 is 1.97. The Balaban J connectivity index is 1.68. The van der Waals surface area contributed by atoms with Crippen LogP contribution in [0.1, 0.15) is 19.8 Å². The van der Waals surface area contributed by atoms with Crippen molar-refractivity contribution in [1.29, 1.82) is 0 Å². The van der Waals surface area contributed by atoms with Crippen LogP contribution in [0.4, 0.5) is 5.69 Å². The number of nitrogens with one attached hydrogen (secondary N) is 1. The summed E-state index contributed by atoms with van der Waals surface area (Å²) in [6.07, 6.45) is 6.05. The molecule has 0 radical (unpaired) electrons. The van der Waals surface area contributed by atoms with Gasteiger partial charge in [-0.3, -0.25) is 9.69 Å². The number of para-hydroxylation sites is 1. The first-order valence-electron chi connectivity index (χ1n) is 7.91. The quantitative estimate of drug-likeness (QED) is 0.916. The average molecular weight is 330 g/mol. The van der Waals surface area contributed by atoms with Crippen molar-refractivity contribution in [3.05, 3.63) is 36.7 Å². The third-order valence-electron chi connectivity index (χ3n) is 4.18. The van der Waals surface area contributed by atoms with Crippen molar-refractivity contribution in [2.75, 3.05) is 18.4 Å². The first kappa shape index (κ1) is 16.1. The zero-order valence-electron chi connectivity index (χ0n) is 13.5. The lowest BCUT2D eigenvalue weighted by Gasteiger charge is -2.20. The summed E-state index contributed by atoms with van der Waals surface area (Å²) in [7, 11) is 1.96. The lowest BCUT2D eigenvalue weighted by Crippen LogP contribution is -2.35. The van der Waals surface area contributed by atoms with Crippen molar-refractivity contribution < 1.29 is 4.79 Å².